The van der Waals surface area contributed by atoms with Gasteiger partial charge in [-0.3, -0.25) is 0 Å². The smallest absolute Gasteiger partial charge is 0.167 e. The molecular formula is C13H11BrFNO. The summed E-state index contributed by atoms with van der Waals surface area (Å²) in [5, 5.41) is 0. The Morgan fingerprint density at radius 3 is 2.59 bits per heavy atom. The molecule has 0 aliphatic heterocycles. The Bertz CT molecular complexity index is 531. The van der Waals surface area contributed by atoms with E-state index in [1.54, 1.807) is 18.2 Å². The van der Waals surface area contributed by atoms with Crippen LogP contribution in [0, 0.1) is 5.82 Å². The van der Waals surface area contributed by atoms with Gasteiger partial charge in [-0.05, 0) is 34.1 Å². The van der Waals surface area contributed by atoms with E-state index < -0.39 is 5.82 Å². The van der Waals surface area contributed by atoms with Crippen LogP contribution in [0.1, 0.15) is 5.56 Å². The quantitative estimate of drug-likeness (QED) is 0.934. The fourth-order valence-electron chi connectivity index (χ4n) is 1.47. The normalized spacial score (nSPS) is 10.3. The largest absolute Gasteiger partial charge is 0.453 e. The Labute approximate surface area is 107 Å². The Kier molecular flexibility index (Phi) is 3.76. The van der Waals surface area contributed by atoms with Gasteiger partial charge in [0.2, 0.25) is 0 Å². The Morgan fingerprint density at radius 1 is 1.12 bits per heavy atom. The van der Waals surface area contributed by atoms with Crippen molar-refractivity contribution >= 4 is 15.9 Å². The van der Waals surface area contributed by atoms with E-state index in [0.29, 0.717) is 11.3 Å². The molecule has 0 saturated heterocycles. The van der Waals surface area contributed by atoms with Crippen LogP contribution in [-0.4, -0.2) is 0 Å². The van der Waals surface area contributed by atoms with E-state index in [0.717, 1.165) is 4.47 Å². The van der Waals surface area contributed by atoms with E-state index >= 15 is 0 Å². The van der Waals surface area contributed by atoms with Gasteiger partial charge in [-0.25, -0.2) is 4.39 Å². The molecule has 2 nitrogen and oxygen atoms in total. The van der Waals surface area contributed by atoms with Crippen molar-refractivity contribution in [2.75, 3.05) is 0 Å². The number of ether oxygens (including phenoxy) is 1. The lowest BCUT2D eigenvalue weighted by Crippen LogP contribution is -2.01. The van der Waals surface area contributed by atoms with Gasteiger partial charge in [-0.15, -0.1) is 0 Å². The van der Waals surface area contributed by atoms with Crippen molar-refractivity contribution in [3.63, 3.8) is 0 Å². The molecule has 4 heteroatoms. The minimum Gasteiger partial charge on any atom is -0.453 e. The van der Waals surface area contributed by atoms with Gasteiger partial charge in [0, 0.05) is 12.1 Å². The zero-order chi connectivity index (χ0) is 12.3. The molecule has 2 aromatic carbocycles. The predicted octanol–water partition coefficient (Wildman–Crippen LogP) is 3.84. The molecule has 0 saturated carbocycles. The van der Waals surface area contributed by atoms with E-state index in [9.17, 15) is 4.39 Å². The molecule has 2 aromatic rings. The SMILES string of the molecule is NCc1cccc(F)c1Oc1ccccc1Br. The van der Waals surface area contributed by atoms with Crippen LogP contribution >= 0.6 is 15.9 Å². The summed E-state index contributed by atoms with van der Waals surface area (Å²) in [6.07, 6.45) is 0. The minimum absolute atomic E-state index is 0.182. The molecule has 0 aromatic heterocycles. The van der Waals surface area contributed by atoms with E-state index in [2.05, 4.69) is 15.9 Å². The first-order valence-corrected chi connectivity index (χ1v) is 5.91. The second kappa shape index (κ2) is 5.29. The molecule has 0 atom stereocenters. The molecular weight excluding hydrogens is 285 g/mol. The van der Waals surface area contributed by atoms with Crippen molar-refractivity contribution < 1.29 is 9.13 Å². The third-order valence-electron chi connectivity index (χ3n) is 2.32. The fourth-order valence-corrected chi connectivity index (χ4v) is 1.83. The highest BCUT2D eigenvalue weighted by Gasteiger charge is 2.11. The van der Waals surface area contributed by atoms with Crippen LogP contribution in [0.25, 0.3) is 0 Å². The zero-order valence-electron chi connectivity index (χ0n) is 8.99. The van der Waals surface area contributed by atoms with E-state index in [1.807, 2.05) is 18.2 Å². The second-order valence-electron chi connectivity index (χ2n) is 3.46. The Morgan fingerprint density at radius 2 is 1.88 bits per heavy atom. The average Bonchev–Trinajstić information content (AvgIpc) is 2.34. The predicted molar refractivity (Wildman–Crippen MR) is 68.5 cm³/mol. The molecule has 0 aliphatic rings. The standard InChI is InChI=1S/C13H11BrFNO/c14-10-5-1-2-7-12(10)17-13-9(8-16)4-3-6-11(13)15/h1-7H,8,16H2. The lowest BCUT2D eigenvalue weighted by Gasteiger charge is -2.11. The van der Waals surface area contributed by atoms with Gasteiger partial charge in [0.1, 0.15) is 5.75 Å². The highest BCUT2D eigenvalue weighted by molar-refractivity contribution is 9.10. The first-order chi connectivity index (χ1) is 8.22. The third-order valence-corrected chi connectivity index (χ3v) is 2.97. The van der Waals surface area contributed by atoms with Crippen molar-refractivity contribution in [1.82, 2.24) is 0 Å². The van der Waals surface area contributed by atoms with Gasteiger partial charge >= 0.3 is 0 Å². The highest BCUT2D eigenvalue weighted by Crippen LogP contribution is 2.32. The number of rotatable bonds is 3. The number of nitrogens with two attached hydrogens (primary N) is 1. The zero-order valence-corrected chi connectivity index (χ0v) is 10.6. The number of halogens is 2. The summed E-state index contributed by atoms with van der Waals surface area (Å²) in [7, 11) is 0. The molecule has 2 N–H and O–H groups in total. The van der Waals surface area contributed by atoms with E-state index in [4.69, 9.17) is 10.5 Å². The van der Waals surface area contributed by atoms with Crippen LogP contribution in [-0.2, 0) is 6.54 Å². The fraction of sp³-hybridized carbons (Fsp3) is 0.0769. The first-order valence-electron chi connectivity index (χ1n) is 5.12. The van der Waals surface area contributed by atoms with Gasteiger partial charge in [-0.1, -0.05) is 24.3 Å². The Hall–Kier alpha value is -1.39. The summed E-state index contributed by atoms with van der Waals surface area (Å²) in [5.74, 6) is 0.331. The van der Waals surface area contributed by atoms with Gasteiger partial charge in [-0.2, -0.15) is 0 Å². The summed E-state index contributed by atoms with van der Waals surface area (Å²) >= 11 is 3.35. The summed E-state index contributed by atoms with van der Waals surface area (Å²) in [6.45, 7) is 0.234. The molecule has 0 amide bonds. The molecule has 17 heavy (non-hydrogen) atoms. The van der Waals surface area contributed by atoms with Gasteiger partial charge in [0.05, 0.1) is 4.47 Å². The van der Waals surface area contributed by atoms with Crippen molar-refractivity contribution in [2.45, 2.75) is 6.54 Å². The van der Waals surface area contributed by atoms with Gasteiger partial charge < -0.3 is 10.5 Å². The minimum atomic E-state index is -0.413. The van der Waals surface area contributed by atoms with Crippen LogP contribution in [0.4, 0.5) is 4.39 Å². The van der Waals surface area contributed by atoms with Crippen LogP contribution < -0.4 is 10.5 Å². The number of benzene rings is 2. The highest BCUT2D eigenvalue weighted by atomic mass is 79.9. The molecule has 0 fully saturated rings. The number of para-hydroxylation sites is 2. The molecule has 2 rings (SSSR count). The van der Waals surface area contributed by atoms with Crippen molar-refractivity contribution in [1.29, 1.82) is 0 Å². The number of hydrogen-bond donors (Lipinski definition) is 1. The van der Waals surface area contributed by atoms with Gasteiger partial charge in [0.15, 0.2) is 11.6 Å². The van der Waals surface area contributed by atoms with Gasteiger partial charge in [0.25, 0.3) is 0 Å². The maximum atomic E-state index is 13.7. The van der Waals surface area contributed by atoms with Crippen LogP contribution in [0.2, 0.25) is 0 Å². The molecule has 0 unspecified atom stereocenters. The Balaban J connectivity index is 2.39. The van der Waals surface area contributed by atoms with Crippen LogP contribution in [0.3, 0.4) is 0 Å². The first kappa shape index (κ1) is 12.1. The molecule has 0 bridgehead atoms. The third kappa shape index (κ3) is 2.65. The van der Waals surface area contributed by atoms with E-state index in [-0.39, 0.29) is 12.3 Å². The summed E-state index contributed by atoms with van der Waals surface area (Å²) in [5.41, 5.74) is 6.19. The summed E-state index contributed by atoms with van der Waals surface area (Å²) in [4.78, 5) is 0. The molecule has 0 radical (unpaired) electrons. The lowest BCUT2D eigenvalue weighted by atomic mass is 10.2. The van der Waals surface area contributed by atoms with Crippen LogP contribution in [0.5, 0.6) is 11.5 Å². The lowest BCUT2D eigenvalue weighted by molar-refractivity contribution is 0.434. The van der Waals surface area contributed by atoms with Crippen molar-refractivity contribution in [3.8, 4) is 11.5 Å². The maximum Gasteiger partial charge on any atom is 0.167 e. The average molecular weight is 296 g/mol. The molecule has 0 aliphatic carbocycles. The number of hydrogen-bond acceptors (Lipinski definition) is 2. The van der Waals surface area contributed by atoms with Crippen molar-refractivity contribution in [3.05, 3.63) is 58.3 Å². The molecule has 88 valence electrons. The van der Waals surface area contributed by atoms with E-state index in [1.165, 1.54) is 6.07 Å². The second-order valence-corrected chi connectivity index (χ2v) is 4.32. The summed E-state index contributed by atoms with van der Waals surface area (Å²) < 4.78 is 20.0. The maximum absolute atomic E-state index is 13.7. The van der Waals surface area contributed by atoms with Crippen LogP contribution in [0.15, 0.2) is 46.9 Å². The molecule has 0 heterocycles. The van der Waals surface area contributed by atoms with Crippen molar-refractivity contribution in [2.24, 2.45) is 5.73 Å². The summed E-state index contributed by atoms with van der Waals surface area (Å²) in [6, 6.07) is 12.0. The monoisotopic (exact) mass is 295 g/mol. The molecule has 0 spiro atoms. The topological polar surface area (TPSA) is 35.2 Å².